The van der Waals surface area contributed by atoms with Crippen LogP contribution in [0.2, 0.25) is 0 Å². The van der Waals surface area contributed by atoms with Crippen LogP contribution in [-0.2, 0) is 9.53 Å². The van der Waals surface area contributed by atoms with Crippen molar-refractivity contribution in [1.82, 2.24) is 0 Å². The van der Waals surface area contributed by atoms with Gasteiger partial charge in [-0.05, 0) is 25.1 Å². The highest BCUT2D eigenvalue weighted by atomic mass is 79.9. The van der Waals surface area contributed by atoms with Crippen molar-refractivity contribution in [2.75, 3.05) is 18.5 Å². The Morgan fingerprint density at radius 2 is 2.14 bits per heavy atom. The van der Waals surface area contributed by atoms with Crippen LogP contribution in [0.5, 0.6) is 0 Å². The van der Waals surface area contributed by atoms with Crippen molar-refractivity contribution in [1.29, 1.82) is 0 Å². The number of aliphatic imine (C=N–C) groups is 1. The fourth-order valence-corrected chi connectivity index (χ4v) is 2.44. The molecule has 4 nitrogen and oxygen atoms in total. The van der Waals surface area contributed by atoms with E-state index in [1.165, 1.54) is 0 Å². The third-order valence-electron chi connectivity index (χ3n) is 3.08. The van der Waals surface area contributed by atoms with Crippen molar-refractivity contribution in [3.8, 4) is 0 Å². The summed E-state index contributed by atoms with van der Waals surface area (Å²) in [5.74, 6) is -0.351. The molecule has 1 unspecified atom stereocenters. The molecule has 0 radical (unpaired) electrons. The van der Waals surface area contributed by atoms with Gasteiger partial charge in [0.1, 0.15) is 12.6 Å². The second-order valence-electron chi connectivity index (χ2n) is 4.87. The van der Waals surface area contributed by atoms with Gasteiger partial charge >= 0.3 is 6.18 Å². The number of fused-ring (bicyclic) bond motifs is 1. The molecule has 1 aliphatic heterocycles. The zero-order valence-corrected chi connectivity index (χ0v) is 13.3. The Balaban J connectivity index is 2.04. The van der Waals surface area contributed by atoms with Crippen molar-refractivity contribution in [3.63, 3.8) is 0 Å². The Morgan fingerprint density at radius 1 is 1.41 bits per heavy atom. The Bertz CT molecular complexity index is 602. The van der Waals surface area contributed by atoms with Crippen LogP contribution < -0.4 is 5.32 Å². The minimum absolute atomic E-state index is 0.0917. The summed E-state index contributed by atoms with van der Waals surface area (Å²) in [4.78, 5) is 16.4. The molecule has 1 aliphatic rings. The van der Waals surface area contributed by atoms with Gasteiger partial charge in [0, 0.05) is 34.5 Å². The second kappa shape index (κ2) is 6.78. The minimum atomic E-state index is -4.37. The predicted molar refractivity (Wildman–Crippen MR) is 80.3 cm³/mol. The van der Waals surface area contributed by atoms with Crippen molar-refractivity contribution >= 4 is 33.2 Å². The van der Waals surface area contributed by atoms with Gasteiger partial charge in [-0.3, -0.25) is 9.79 Å². The number of carbonyl (C=O) groups excluding carboxylic acids is 1. The van der Waals surface area contributed by atoms with Gasteiger partial charge < -0.3 is 10.1 Å². The van der Waals surface area contributed by atoms with Crippen LogP contribution in [0.15, 0.2) is 27.7 Å². The fourth-order valence-electron chi connectivity index (χ4n) is 2.08. The highest BCUT2D eigenvalue weighted by molar-refractivity contribution is 9.10. The molecular formula is C14H14BrF3N2O2. The van der Waals surface area contributed by atoms with E-state index in [1.807, 2.05) is 6.07 Å². The van der Waals surface area contributed by atoms with Crippen LogP contribution in [0, 0.1) is 0 Å². The molecule has 1 N–H and O–H groups in total. The highest BCUT2D eigenvalue weighted by Crippen LogP contribution is 2.25. The van der Waals surface area contributed by atoms with Gasteiger partial charge in [-0.2, -0.15) is 13.2 Å². The first-order valence-electron chi connectivity index (χ1n) is 6.56. The normalized spacial score (nSPS) is 18.3. The van der Waals surface area contributed by atoms with Crippen molar-refractivity contribution in [3.05, 3.63) is 28.2 Å². The van der Waals surface area contributed by atoms with E-state index in [2.05, 4.69) is 31.0 Å². The van der Waals surface area contributed by atoms with Gasteiger partial charge in [-0.1, -0.05) is 15.9 Å². The second-order valence-corrected chi connectivity index (χ2v) is 5.78. The lowest BCUT2D eigenvalue weighted by molar-refractivity contribution is -0.174. The molecule has 1 aromatic carbocycles. The van der Waals surface area contributed by atoms with Crippen molar-refractivity contribution in [2.45, 2.75) is 25.6 Å². The molecule has 1 aromatic rings. The minimum Gasteiger partial charge on any atom is -0.372 e. The Kier molecular flexibility index (Phi) is 5.23. The van der Waals surface area contributed by atoms with Crippen molar-refractivity contribution < 1.29 is 22.7 Å². The highest BCUT2D eigenvalue weighted by Gasteiger charge is 2.28. The number of carbonyl (C=O) groups is 1. The van der Waals surface area contributed by atoms with Gasteiger partial charge in [-0.25, -0.2) is 0 Å². The van der Waals surface area contributed by atoms with Crippen LogP contribution in [-0.4, -0.2) is 37.1 Å². The van der Waals surface area contributed by atoms with Crippen molar-refractivity contribution in [2.24, 2.45) is 4.99 Å². The number of alkyl halides is 3. The molecule has 0 spiro atoms. The molecule has 8 heteroatoms. The average Bonchev–Trinajstić information content (AvgIpc) is 2.52. The van der Waals surface area contributed by atoms with Crippen LogP contribution in [0.25, 0.3) is 0 Å². The maximum atomic E-state index is 12.1. The SMILES string of the molecule is CC1=NC(CCOCC(F)(F)F)C(=O)Nc2ccc(Br)cc21. The average molecular weight is 379 g/mol. The molecule has 1 atom stereocenters. The van der Waals surface area contributed by atoms with Gasteiger partial charge in [0.05, 0.1) is 0 Å². The monoisotopic (exact) mass is 378 g/mol. The molecule has 0 saturated carbocycles. The number of rotatable bonds is 4. The number of hydrogen-bond acceptors (Lipinski definition) is 3. The van der Waals surface area contributed by atoms with E-state index in [0.717, 1.165) is 10.0 Å². The summed E-state index contributed by atoms with van der Waals surface area (Å²) >= 11 is 3.35. The number of nitrogens with one attached hydrogen (secondary N) is 1. The summed E-state index contributed by atoms with van der Waals surface area (Å²) in [5, 5.41) is 2.74. The molecule has 2 rings (SSSR count). The zero-order chi connectivity index (χ0) is 16.3. The van der Waals surface area contributed by atoms with Gasteiger partial charge in [0.2, 0.25) is 5.91 Å². The summed E-state index contributed by atoms with van der Waals surface area (Å²) in [6, 6.07) is 4.61. The summed E-state index contributed by atoms with van der Waals surface area (Å²) in [7, 11) is 0. The lowest BCUT2D eigenvalue weighted by Gasteiger charge is -2.12. The number of ether oxygens (including phenoxy) is 1. The number of benzodiazepines with no additional fused rings is 1. The number of hydrogen-bond donors (Lipinski definition) is 1. The Hall–Kier alpha value is -1.41. The lowest BCUT2D eigenvalue weighted by Crippen LogP contribution is -2.27. The number of benzene rings is 1. The summed E-state index contributed by atoms with van der Waals surface area (Å²) in [5.41, 5.74) is 2.06. The molecule has 1 amide bonds. The van der Waals surface area contributed by atoms with Crippen LogP contribution in [0.3, 0.4) is 0 Å². The topological polar surface area (TPSA) is 50.7 Å². The smallest absolute Gasteiger partial charge is 0.372 e. The number of halogens is 4. The molecule has 0 aromatic heterocycles. The zero-order valence-electron chi connectivity index (χ0n) is 11.7. The van der Waals surface area contributed by atoms with E-state index < -0.39 is 18.8 Å². The number of nitrogens with zero attached hydrogens (tertiary/aromatic N) is 1. The summed E-state index contributed by atoms with van der Waals surface area (Å²) in [6.07, 6.45) is -4.28. The fraction of sp³-hybridized carbons (Fsp3) is 0.429. The Morgan fingerprint density at radius 3 is 2.82 bits per heavy atom. The maximum absolute atomic E-state index is 12.1. The molecule has 1 heterocycles. The van der Waals surface area contributed by atoms with Crippen LogP contribution in [0.1, 0.15) is 18.9 Å². The molecule has 0 saturated heterocycles. The van der Waals surface area contributed by atoms with E-state index in [1.54, 1.807) is 19.1 Å². The third-order valence-corrected chi connectivity index (χ3v) is 3.58. The quantitative estimate of drug-likeness (QED) is 0.814. The van der Waals surface area contributed by atoms with Gasteiger partial charge in [0.25, 0.3) is 0 Å². The van der Waals surface area contributed by atoms with Crippen LogP contribution >= 0.6 is 15.9 Å². The molecule has 0 fully saturated rings. The Labute approximate surface area is 133 Å². The van der Waals surface area contributed by atoms with E-state index in [4.69, 9.17) is 0 Å². The van der Waals surface area contributed by atoms with Gasteiger partial charge in [-0.15, -0.1) is 0 Å². The number of anilines is 1. The largest absolute Gasteiger partial charge is 0.411 e. The van der Waals surface area contributed by atoms with Crippen LogP contribution in [0.4, 0.5) is 18.9 Å². The molecular weight excluding hydrogens is 365 g/mol. The molecule has 0 bridgehead atoms. The van der Waals surface area contributed by atoms with E-state index in [9.17, 15) is 18.0 Å². The predicted octanol–water partition coefficient (Wildman–Crippen LogP) is 3.55. The first-order chi connectivity index (χ1) is 10.3. The first-order valence-corrected chi connectivity index (χ1v) is 7.35. The molecule has 22 heavy (non-hydrogen) atoms. The third kappa shape index (κ3) is 4.54. The standard InChI is InChI=1S/C14H14BrF3N2O2/c1-8-10-6-9(15)2-3-11(10)20-13(21)12(19-8)4-5-22-7-14(16,17)18/h2-3,6,12H,4-5,7H2,1H3,(H,20,21). The maximum Gasteiger partial charge on any atom is 0.411 e. The number of amides is 1. The lowest BCUT2D eigenvalue weighted by atomic mass is 10.1. The van der Waals surface area contributed by atoms with E-state index in [0.29, 0.717) is 11.4 Å². The van der Waals surface area contributed by atoms with E-state index >= 15 is 0 Å². The van der Waals surface area contributed by atoms with E-state index in [-0.39, 0.29) is 18.9 Å². The summed E-state index contributed by atoms with van der Waals surface area (Å²) < 4.78 is 41.4. The van der Waals surface area contributed by atoms with Gasteiger partial charge in [0.15, 0.2) is 0 Å². The first kappa shape index (κ1) is 17.0. The molecule has 120 valence electrons. The summed E-state index contributed by atoms with van der Waals surface area (Å²) in [6.45, 7) is 0.251. The molecule has 0 aliphatic carbocycles.